The Morgan fingerprint density at radius 2 is 1.89 bits per heavy atom. The zero-order valence-corrected chi connectivity index (χ0v) is 32.3. The number of nitrogens with one attached hydrogen (secondary N) is 1. The Kier molecular flexibility index (Phi) is 9.08. The van der Waals surface area contributed by atoms with Crippen LogP contribution in [0.4, 0.5) is 13.2 Å². The summed E-state index contributed by atoms with van der Waals surface area (Å²) in [7, 11) is -3.45. The minimum Gasteiger partial charge on any atom is -0.468 e. The third-order valence-corrected chi connectivity index (χ3v) is 13.1. The summed E-state index contributed by atoms with van der Waals surface area (Å²) in [5, 5.41) is 6.08. The van der Waals surface area contributed by atoms with Crippen molar-refractivity contribution in [1.82, 2.24) is 14.7 Å². The molecule has 1 unspecified atom stereocenters. The number of aromatic nitrogens is 1. The molecule has 1 N–H and O–H groups in total. The monoisotopic (exact) mass is 798 g/mol. The number of benzene rings is 2. The quantitative estimate of drug-likeness (QED) is 0.154. The molecule has 2 aliphatic carbocycles. The van der Waals surface area contributed by atoms with Crippen LogP contribution in [0.5, 0.6) is 5.75 Å². The van der Waals surface area contributed by atoms with Crippen molar-refractivity contribution < 1.29 is 45.8 Å². The lowest BCUT2D eigenvalue weighted by Crippen LogP contribution is -2.66. The van der Waals surface area contributed by atoms with Gasteiger partial charge in [-0.2, -0.15) is 5.09 Å². The molecule has 4 aliphatic rings. The fraction of sp³-hybridized carbons (Fsp3) is 0.395. The molecule has 17 heteroatoms. The molecule has 1 fully saturated rings. The maximum Gasteiger partial charge on any atom is 0.459 e. The van der Waals surface area contributed by atoms with Gasteiger partial charge in [0.2, 0.25) is 11.2 Å². The lowest BCUT2D eigenvalue weighted by atomic mass is 9.80. The maximum atomic E-state index is 16.0. The molecule has 0 radical (unpaired) electrons. The van der Waals surface area contributed by atoms with Crippen LogP contribution in [-0.2, 0) is 35.7 Å². The molecule has 4 aromatic rings. The molecule has 290 valence electrons. The number of hydrogen-bond donors (Lipinski definition) is 1. The highest BCUT2D eigenvalue weighted by Gasteiger charge is 2.51. The topological polar surface area (TPSA) is 129 Å². The minimum atomic E-state index is -4.62. The van der Waals surface area contributed by atoms with E-state index in [4.69, 9.17) is 18.5 Å². The van der Waals surface area contributed by atoms with Crippen LogP contribution >= 0.6 is 19.1 Å². The van der Waals surface area contributed by atoms with Gasteiger partial charge >= 0.3 is 13.7 Å². The second-order valence-corrected chi connectivity index (χ2v) is 17.4. The summed E-state index contributed by atoms with van der Waals surface area (Å²) in [5.74, 6) is -6.60. The number of carbonyl (C=O) groups excluding carboxylic acids is 2. The summed E-state index contributed by atoms with van der Waals surface area (Å²) < 4.78 is 86.2. The number of amides is 1. The van der Waals surface area contributed by atoms with Gasteiger partial charge in [-0.3, -0.25) is 28.6 Å². The van der Waals surface area contributed by atoms with Crippen molar-refractivity contribution in [3.05, 3.63) is 98.0 Å². The summed E-state index contributed by atoms with van der Waals surface area (Å²) in [6.07, 6.45) is -0.158. The number of fused-ring (bicyclic) bond motifs is 4. The molecule has 0 bridgehead atoms. The number of rotatable bonds is 8. The van der Waals surface area contributed by atoms with E-state index in [1.807, 2.05) is 24.3 Å². The Balaban J connectivity index is 1.37. The van der Waals surface area contributed by atoms with Gasteiger partial charge in [-0.1, -0.05) is 51.1 Å². The van der Waals surface area contributed by atoms with Crippen molar-refractivity contribution in [3.8, 4) is 27.3 Å². The highest BCUT2D eigenvalue weighted by molar-refractivity contribution is 7.52. The van der Waals surface area contributed by atoms with Crippen molar-refractivity contribution in [3.63, 3.8) is 0 Å². The second-order valence-electron chi connectivity index (χ2n) is 14.8. The minimum absolute atomic E-state index is 0.00978. The zero-order valence-electron chi connectivity index (χ0n) is 30.6. The molecule has 2 aromatic carbocycles. The van der Waals surface area contributed by atoms with Crippen molar-refractivity contribution in [2.24, 2.45) is 5.41 Å². The highest BCUT2D eigenvalue weighted by Crippen LogP contribution is 2.58. The molecule has 0 saturated carbocycles. The van der Waals surface area contributed by atoms with E-state index in [9.17, 15) is 18.9 Å². The predicted molar refractivity (Wildman–Crippen MR) is 197 cm³/mol. The number of alkyl halides is 2. The second kappa shape index (κ2) is 13.3. The van der Waals surface area contributed by atoms with Crippen LogP contribution in [0.25, 0.3) is 21.6 Å². The first-order chi connectivity index (χ1) is 26.1. The van der Waals surface area contributed by atoms with Crippen LogP contribution in [-0.4, -0.2) is 67.1 Å². The number of methoxy groups -OCH3 is 1. The van der Waals surface area contributed by atoms with E-state index in [1.54, 1.807) is 38.1 Å². The van der Waals surface area contributed by atoms with E-state index in [0.29, 0.717) is 27.1 Å². The lowest BCUT2D eigenvalue weighted by Gasteiger charge is -2.51. The Hall–Kier alpha value is -4.47. The number of hydrogen-bond acceptors (Lipinski definition) is 10. The Morgan fingerprint density at radius 3 is 2.62 bits per heavy atom. The first-order valence-corrected chi connectivity index (χ1v) is 20.2. The molecule has 55 heavy (non-hydrogen) atoms. The zero-order chi connectivity index (χ0) is 39.2. The van der Waals surface area contributed by atoms with E-state index in [2.05, 4.69) is 5.09 Å². The fourth-order valence-electron chi connectivity index (χ4n) is 8.03. The summed E-state index contributed by atoms with van der Waals surface area (Å²) in [6, 6.07) is 8.84. The number of halogens is 3. The first kappa shape index (κ1) is 37.5. The lowest BCUT2D eigenvalue weighted by molar-refractivity contribution is -0.145. The van der Waals surface area contributed by atoms with Crippen molar-refractivity contribution in [2.75, 3.05) is 38.5 Å². The molecule has 4 atom stereocenters. The van der Waals surface area contributed by atoms with Crippen LogP contribution in [0.1, 0.15) is 66.5 Å². The number of nitrogens with zero attached hydrogens (tertiary/aromatic N) is 3. The van der Waals surface area contributed by atoms with Crippen LogP contribution in [0, 0.1) is 11.2 Å². The molecule has 2 aromatic heterocycles. The van der Waals surface area contributed by atoms with Crippen LogP contribution in [0.3, 0.4) is 0 Å². The average Bonchev–Trinajstić information content (AvgIpc) is 3.50. The van der Waals surface area contributed by atoms with Gasteiger partial charge in [-0.15, -0.1) is 11.3 Å². The molecule has 1 amide bonds. The molecule has 8 rings (SSSR count). The van der Waals surface area contributed by atoms with Gasteiger partial charge in [-0.25, -0.2) is 17.7 Å². The molecular weight excluding hydrogens is 760 g/mol. The Labute approximate surface area is 318 Å². The fourth-order valence-corrected chi connectivity index (χ4v) is 10.9. The van der Waals surface area contributed by atoms with E-state index >= 15 is 13.2 Å². The van der Waals surface area contributed by atoms with E-state index in [1.165, 1.54) is 40.3 Å². The molecule has 2 aliphatic heterocycles. The van der Waals surface area contributed by atoms with Crippen LogP contribution < -0.4 is 20.0 Å². The van der Waals surface area contributed by atoms with Crippen molar-refractivity contribution >= 4 is 31.0 Å². The largest absolute Gasteiger partial charge is 0.468 e. The smallest absolute Gasteiger partial charge is 0.459 e. The molecule has 1 saturated heterocycles. The summed E-state index contributed by atoms with van der Waals surface area (Å²) >= 11 is 1.30. The van der Waals surface area contributed by atoms with Gasteiger partial charge in [-0.05, 0) is 46.0 Å². The number of carbonyl (C=O) groups is 2. The van der Waals surface area contributed by atoms with Gasteiger partial charge in [0.15, 0.2) is 5.69 Å². The predicted octanol–water partition coefficient (Wildman–Crippen LogP) is 6.58. The number of esters is 1. The van der Waals surface area contributed by atoms with Crippen LogP contribution in [0.2, 0.25) is 0 Å². The van der Waals surface area contributed by atoms with Gasteiger partial charge in [0.25, 0.3) is 11.8 Å². The molecule has 4 heterocycles. The number of ether oxygens (including phenoxy) is 2. The van der Waals surface area contributed by atoms with Crippen molar-refractivity contribution in [2.45, 2.75) is 58.3 Å². The SMILES string of the molecule is CCOP(=O)(N[C@@H](C(=O)OC)C(C)(C)C)Oc1c2n(ccc1=O)N([C@@H]1c3ccccc3-c3scc4c3-c3c1ccc(F)c3C(F)(F)C4)[C@@H]1COCCN1C2=O. The third kappa shape index (κ3) is 5.92. The maximum absolute atomic E-state index is 16.0. The standard InChI is InChI=1S/C38H38F3N4O8PS/c1-6-52-54(49,42-34(36(48)50-5)37(2,3)4)53-32-25(46)13-14-44-31(32)35(47)43-15-16-51-18-26(43)45(44)30-21-9-7-8-10-22(21)33-27-20(19-55-33)17-38(40,41)29-24(39)12-11-23(30)28(27)29/h7-14,19,26,30,34H,6,15-18H2,1-5H3,(H,42,49)/t26-,30-,34+,54?/m1/s1. The number of morpholine rings is 1. The van der Waals surface area contributed by atoms with Crippen LogP contribution in [0.15, 0.2) is 58.8 Å². The molecule has 0 spiro atoms. The van der Waals surface area contributed by atoms with Gasteiger partial charge in [0, 0.05) is 41.2 Å². The summed E-state index contributed by atoms with van der Waals surface area (Å²) in [4.78, 5) is 43.5. The van der Waals surface area contributed by atoms with E-state index < -0.39 is 78.2 Å². The number of pyridine rings is 1. The normalized spacial score (nSPS) is 21.0. The van der Waals surface area contributed by atoms with Gasteiger partial charge in [0.1, 0.15) is 18.0 Å². The Morgan fingerprint density at radius 1 is 1.13 bits per heavy atom. The van der Waals surface area contributed by atoms with Gasteiger partial charge < -0.3 is 18.9 Å². The summed E-state index contributed by atoms with van der Waals surface area (Å²) in [5.41, 5.74) is 0.0356. The van der Waals surface area contributed by atoms with Crippen molar-refractivity contribution in [1.29, 1.82) is 0 Å². The Bertz CT molecular complexity index is 2360. The molecular formula is C38H38F3N4O8PS. The first-order valence-electron chi connectivity index (χ1n) is 17.7. The van der Waals surface area contributed by atoms with E-state index in [-0.39, 0.29) is 37.6 Å². The number of thiophene rings is 1. The van der Waals surface area contributed by atoms with Gasteiger partial charge in [0.05, 0.1) is 38.5 Å². The third-order valence-electron chi connectivity index (χ3n) is 10.4. The van der Waals surface area contributed by atoms with E-state index in [0.717, 1.165) is 17.7 Å². The molecule has 12 nitrogen and oxygen atoms in total. The average molecular weight is 799 g/mol. The highest BCUT2D eigenvalue weighted by atomic mass is 32.1. The summed E-state index contributed by atoms with van der Waals surface area (Å²) in [6.45, 7) is 6.69.